The second-order valence-corrected chi connectivity index (χ2v) is 6.47. The largest absolute Gasteiger partial charge is 0.495 e. The molecule has 0 amide bonds. The second kappa shape index (κ2) is 8.01. The standard InChI is InChI=1S/C20H22N4OS/c1-14-11-15(2)24(23-14)13-16-7-6-8-17(12-16)21-20(26)22-18-9-4-5-10-19(18)25-3/h4-12H,13H2,1-3H3,(H2,21,22,26). The van der Waals surface area contributed by atoms with Crippen molar-refractivity contribution in [3.05, 3.63) is 71.5 Å². The SMILES string of the molecule is COc1ccccc1NC(=S)Nc1cccc(Cn2nc(C)cc2C)c1. The summed E-state index contributed by atoms with van der Waals surface area (Å²) in [4.78, 5) is 0. The highest BCUT2D eigenvalue weighted by molar-refractivity contribution is 7.80. The van der Waals surface area contributed by atoms with Gasteiger partial charge in [0.25, 0.3) is 0 Å². The molecule has 2 N–H and O–H groups in total. The molecule has 134 valence electrons. The maximum atomic E-state index is 5.43. The van der Waals surface area contributed by atoms with Crippen LogP contribution in [0.25, 0.3) is 0 Å². The molecule has 0 bridgehead atoms. The van der Waals surface area contributed by atoms with Crippen LogP contribution >= 0.6 is 12.2 Å². The van der Waals surface area contributed by atoms with Gasteiger partial charge in [-0.2, -0.15) is 5.10 Å². The van der Waals surface area contributed by atoms with Gasteiger partial charge in [-0.05, 0) is 62.0 Å². The number of methoxy groups -OCH3 is 1. The summed E-state index contributed by atoms with van der Waals surface area (Å²) >= 11 is 5.43. The van der Waals surface area contributed by atoms with E-state index in [0.29, 0.717) is 5.11 Å². The van der Waals surface area contributed by atoms with Gasteiger partial charge in [0.1, 0.15) is 5.75 Å². The number of thiocarbonyl (C=S) groups is 1. The molecule has 5 nitrogen and oxygen atoms in total. The van der Waals surface area contributed by atoms with Crippen LogP contribution in [0.3, 0.4) is 0 Å². The smallest absolute Gasteiger partial charge is 0.175 e. The zero-order chi connectivity index (χ0) is 18.5. The highest BCUT2D eigenvalue weighted by Crippen LogP contribution is 2.23. The highest BCUT2D eigenvalue weighted by Gasteiger charge is 2.06. The van der Waals surface area contributed by atoms with E-state index >= 15 is 0 Å². The molecule has 1 aromatic heterocycles. The topological polar surface area (TPSA) is 51.1 Å². The van der Waals surface area contributed by atoms with E-state index in [1.165, 1.54) is 0 Å². The highest BCUT2D eigenvalue weighted by atomic mass is 32.1. The van der Waals surface area contributed by atoms with Crippen LogP contribution in [0, 0.1) is 13.8 Å². The summed E-state index contributed by atoms with van der Waals surface area (Å²) in [7, 11) is 1.64. The lowest BCUT2D eigenvalue weighted by molar-refractivity contribution is 0.417. The van der Waals surface area contributed by atoms with E-state index in [9.17, 15) is 0 Å². The van der Waals surface area contributed by atoms with Crippen LogP contribution in [0.15, 0.2) is 54.6 Å². The van der Waals surface area contributed by atoms with Crippen LogP contribution in [0.1, 0.15) is 17.0 Å². The molecule has 0 unspecified atom stereocenters. The number of hydrogen-bond acceptors (Lipinski definition) is 3. The van der Waals surface area contributed by atoms with Crippen LogP contribution in [0.4, 0.5) is 11.4 Å². The van der Waals surface area contributed by atoms with E-state index in [2.05, 4.69) is 40.9 Å². The van der Waals surface area contributed by atoms with Crippen molar-refractivity contribution in [2.45, 2.75) is 20.4 Å². The Morgan fingerprint density at radius 3 is 2.62 bits per heavy atom. The van der Waals surface area contributed by atoms with Crippen LogP contribution in [-0.4, -0.2) is 22.0 Å². The Labute approximate surface area is 159 Å². The number of hydrogen-bond donors (Lipinski definition) is 2. The van der Waals surface area contributed by atoms with Gasteiger partial charge in [-0.15, -0.1) is 0 Å². The van der Waals surface area contributed by atoms with Crippen molar-refractivity contribution in [3.63, 3.8) is 0 Å². The van der Waals surface area contributed by atoms with Gasteiger partial charge >= 0.3 is 0 Å². The zero-order valence-corrected chi connectivity index (χ0v) is 15.9. The maximum Gasteiger partial charge on any atom is 0.175 e. The number of aromatic nitrogens is 2. The van der Waals surface area contributed by atoms with Gasteiger partial charge in [-0.1, -0.05) is 24.3 Å². The summed E-state index contributed by atoms with van der Waals surface area (Å²) in [6.45, 7) is 4.79. The number of anilines is 2. The molecular formula is C20H22N4OS. The minimum atomic E-state index is 0.512. The molecule has 0 fully saturated rings. The van der Waals surface area contributed by atoms with E-state index in [-0.39, 0.29) is 0 Å². The quantitative estimate of drug-likeness (QED) is 0.657. The minimum Gasteiger partial charge on any atom is -0.495 e. The van der Waals surface area contributed by atoms with Crippen LogP contribution < -0.4 is 15.4 Å². The van der Waals surface area contributed by atoms with Gasteiger partial charge < -0.3 is 15.4 Å². The Morgan fingerprint density at radius 2 is 1.88 bits per heavy atom. The number of ether oxygens (including phenoxy) is 1. The number of nitrogens with zero attached hydrogens (tertiary/aromatic N) is 2. The summed E-state index contributed by atoms with van der Waals surface area (Å²) in [6.07, 6.45) is 0. The third-order valence-electron chi connectivity index (χ3n) is 3.98. The van der Waals surface area contributed by atoms with E-state index in [1.54, 1.807) is 7.11 Å². The van der Waals surface area contributed by atoms with Crippen molar-refractivity contribution in [3.8, 4) is 5.75 Å². The fourth-order valence-electron chi connectivity index (χ4n) is 2.79. The Kier molecular flexibility index (Phi) is 5.53. The molecule has 0 aliphatic carbocycles. The molecule has 3 aromatic rings. The monoisotopic (exact) mass is 366 g/mol. The summed E-state index contributed by atoms with van der Waals surface area (Å²) in [5, 5.41) is 11.4. The molecule has 0 atom stereocenters. The number of para-hydroxylation sites is 2. The van der Waals surface area contributed by atoms with Crippen molar-refractivity contribution in [1.82, 2.24) is 9.78 Å². The predicted molar refractivity (Wildman–Crippen MR) is 110 cm³/mol. The minimum absolute atomic E-state index is 0.512. The van der Waals surface area contributed by atoms with Crippen LogP contribution in [0.5, 0.6) is 5.75 Å². The first kappa shape index (κ1) is 17.9. The fraction of sp³-hybridized carbons (Fsp3) is 0.200. The van der Waals surface area contributed by atoms with Crippen LogP contribution in [-0.2, 0) is 6.54 Å². The van der Waals surface area contributed by atoms with Crippen molar-refractivity contribution in [2.75, 3.05) is 17.7 Å². The lowest BCUT2D eigenvalue weighted by Gasteiger charge is -2.14. The third kappa shape index (κ3) is 4.40. The molecule has 0 radical (unpaired) electrons. The fourth-order valence-corrected chi connectivity index (χ4v) is 3.02. The number of rotatable bonds is 5. The van der Waals surface area contributed by atoms with Crippen molar-refractivity contribution < 1.29 is 4.74 Å². The van der Waals surface area contributed by atoms with Crippen LogP contribution in [0.2, 0.25) is 0 Å². The van der Waals surface area contributed by atoms with Gasteiger partial charge in [0.2, 0.25) is 0 Å². The Hall–Kier alpha value is -2.86. The summed E-state index contributed by atoms with van der Waals surface area (Å²) < 4.78 is 7.34. The van der Waals surface area contributed by atoms with Gasteiger partial charge in [0.05, 0.1) is 25.0 Å². The zero-order valence-electron chi connectivity index (χ0n) is 15.1. The van der Waals surface area contributed by atoms with E-state index in [0.717, 1.165) is 40.6 Å². The van der Waals surface area contributed by atoms with E-state index in [4.69, 9.17) is 17.0 Å². The van der Waals surface area contributed by atoms with Gasteiger partial charge in [-0.3, -0.25) is 4.68 Å². The van der Waals surface area contributed by atoms with Crippen molar-refractivity contribution in [1.29, 1.82) is 0 Å². The Balaban J connectivity index is 1.68. The molecule has 3 rings (SSSR count). The van der Waals surface area contributed by atoms with E-state index in [1.807, 2.05) is 48.0 Å². The Morgan fingerprint density at radius 1 is 1.08 bits per heavy atom. The summed E-state index contributed by atoms with van der Waals surface area (Å²) in [5.74, 6) is 0.745. The van der Waals surface area contributed by atoms with Gasteiger partial charge in [-0.25, -0.2) is 0 Å². The predicted octanol–water partition coefficient (Wildman–Crippen LogP) is 4.37. The maximum absolute atomic E-state index is 5.43. The molecule has 2 aromatic carbocycles. The first-order valence-electron chi connectivity index (χ1n) is 8.36. The second-order valence-electron chi connectivity index (χ2n) is 6.06. The van der Waals surface area contributed by atoms with Crippen molar-refractivity contribution >= 4 is 28.7 Å². The summed E-state index contributed by atoms with van der Waals surface area (Å²) in [6, 6.07) is 17.9. The molecule has 0 aliphatic rings. The first-order chi connectivity index (χ1) is 12.5. The molecule has 0 saturated carbocycles. The lowest BCUT2D eigenvalue weighted by atomic mass is 10.2. The van der Waals surface area contributed by atoms with E-state index < -0.39 is 0 Å². The first-order valence-corrected chi connectivity index (χ1v) is 8.77. The average Bonchev–Trinajstić information content (AvgIpc) is 2.92. The third-order valence-corrected chi connectivity index (χ3v) is 4.18. The molecule has 0 saturated heterocycles. The van der Waals surface area contributed by atoms with Crippen molar-refractivity contribution in [2.24, 2.45) is 0 Å². The lowest BCUT2D eigenvalue weighted by Crippen LogP contribution is -2.19. The summed E-state index contributed by atoms with van der Waals surface area (Å²) in [5.41, 5.74) is 5.08. The molecule has 0 aliphatic heterocycles. The molecule has 0 spiro atoms. The van der Waals surface area contributed by atoms with Gasteiger partial charge in [0, 0.05) is 11.4 Å². The van der Waals surface area contributed by atoms with Gasteiger partial charge in [0.15, 0.2) is 5.11 Å². The molecular weight excluding hydrogens is 344 g/mol. The molecule has 26 heavy (non-hydrogen) atoms. The average molecular weight is 366 g/mol. The number of nitrogens with one attached hydrogen (secondary N) is 2. The number of aryl methyl sites for hydroxylation is 2. The molecule has 6 heteroatoms. The normalized spacial score (nSPS) is 10.4. The Bertz CT molecular complexity index is 920. The number of benzene rings is 2. The molecule has 1 heterocycles.